The fourth-order valence-electron chi connectivity index (χ4n) is 8.35. The lowest BCUT2D eigenvalue weighted by molar-refractivity contribution is -0.347. The van der Waals surface area contributed by atoms with Gasteiger partial charge >= 0.3 is 17.9 Å². The van der Waals surface area contributed by atoms with E-state index in [2.05, 4.69) is 20.1 Å². The molecule has 344 valence electrons. The van der Waals surface area contributed by atoms with E-state index in [1.165, 1.54) is 7.11 Å². The Kier molecular flexibility index (Phi) is 18.1. The van der Waals surface area contributed by atoms with Gasteiger partial charge < -0.3 is 42.6 Å². The molecule has 7 unspecified atom stereocenters. The van der Waals surface area contributed by atoms with Gasteiger partial charge in [0.25, 0.3) is 0 Å². The van der Waals surface area contributed by atoms with Gasteiger partial charge in [-0.25, -0.2) is 14.4 Å². The van der Waals surface area contributed by atoms with Crippen molar-refractivity contribution in [1.82, 2.24) is 0 Å². The fraction of sp³-hybridized carbons (Fsp3) is 0.543. The first kappa shape index (κ1) is 49.5. The van der Waals surface area contributed by atoms with Crippen LogP contribution in [0.1, 0.15) is 68.3 Å². The van der Waals surface area contributed by atoms with Crippen LogP contribution in [0.2, 0.25) is 0 Å². The van der Waals surface area contributed by atoms with Crippen molar-refractivity contribution in [2.24, 2.45) is 33.9 Å². The Bertz CT molecular complexity index is 2070. The molecule has 18 heteroatoms. The highest BCUT2D eigenvalue weighted by atomic mass is 16.7. The Morgan fingerprint density at radius 2 is 1.14 bits per heavy atom. The Morgan fingerprint density at radius 1 is 0.609 bits per heavy atom. The minimum Gasteiger partial charge on any atom is -0.467 e. The molecule has 0 aliphatic carbocycles. The van der Waals surface area contributed by atoms with E-state index in [0.717, 1.165) is 5.56 Å². The monoisotopic (exact) mass is 886 g/mol. The molecule has 64 heavy (non-hydrogen) atoms. The molecular formula is C46H58N6O12. The van der Waals surface area contributed by atoms with E-state index in [1.54, 1.807) is 74.5 Å². The number of benzene rings is 3. The van der Waals surface area contributed by atoms with Gasteiger partial charge in [0.15, 0.2) is 18.7 Å². The maximum atomic E-state index is 13.8. The van der Waals surface area contributed by atoms with Crippen LogP contribution in [-0.2, 0) is 54.0 Å². The maximum absolute atomic E-state index is 13.8. The third kappa shape index (κ3) is 11.8. The van der Waals surface area contributed by atoms with Crippen molar-refractivity contribution in [1.29, 1.82) is 0 Å². The number of esters is 3. The number of rotatable bonds is 16. The van der Waals surface area contributed by atoms with Gasteiger partial charge in [0, 0.05) is 15.7 Å². The average Bonchev–Trinajstić information content (AvgIpc) is 3.30. The van der Waals surface area contributed by atoms with Gasteiger partial charge in [0.2, 0.25) is 0 Å². The van der Waals surface area contributed by atoms with Crippen LogP contribution in [0.4, 0.5) is 0 Å². The maximum Gasteiger partial charge on any atom is 0.338 e. The van der Waals surface area contributed by atoms with E-state index in [1.807, 2.05) is 51.1 Å². The van der Waals surface area contributed by atoms with Gasteiger partial charge in [-0.1, -0.05) is 112 Å². The third-order valence-electron chi connectivity index (χ3n) is 12.2. The second-order valence-corrected chi connectivity index (χ2v) is 16.1. The minimum atomic E-state index is -1.44. The zero-order valence-corrected chi connectivity index (χ0v) is 36.0. The van der Waals surface area contributed by atoms with E-state index in [9.17, 15) is 25.4 Å². The molecule has 3 heterocycles. The third-order valence-corrected chi connectivity index (χ3v) is 12.2. The number of carbonyl (C=O) groups is 3. The lowest BCUT2D eigenvalue weighted by Crippen LogP contribution is -2.63. The minimum absolute atomic E-state index is 0. The molecule has 3 aliphatic rings. The Balaban J connectivity index is 0.00000771. The predicted molar refractivity (Wildman–Crippen MR) is 231 cm³/mol. The molecule has 0 bridgehead atoms. The SMILES string of the molecule is C.COC(=O)C1O[C@@H](O[C@@H]2C(COC(=O)c3ccccc3)OC(C)C(N=[N+]=[N-])[C@H]2C)C(OCc2ccccc2)[C@@H](C)[C@@H]1O[C@@H]1OC(COC(=O)c2ccccc2)[C@@H](C)[C@H](C)C1N=[N+]=[N-]. The summed E-state index contributed by atoms with van der Waals surface area (Å²) in [5, 5.41) is 8.07. The van der Waals surface area contributed by atoms with Crippen molar-refractivity contribution in [3.63, 3.8) is 0 Å². The van der Waals surface area contributed by atoms with Crippen molar-refractivity contribution in [2.75, 3.05) is 20.3 Å². The molecule has 0 amide bonds. The van der Waals surface area contributed by atoms with Gasteiger partial charge in [-0.3, -0.25) is 0 Å². The van der Waals surface area contributed by atoms with Gasteiger partial charge in [0.05, 0.1) is 55.2 Å². The lowest BCUT2D eigenvalue weighted by atomic mass is 9.82. The van der Waals surface area contributed by atoms with Crippen LogP contribution in [0.15, 0.2) is 101 Å². The first-order valence-corrected chi connectivity index (χ1v) is 21.0. The predicted octanol–water partition coefficient (Wildman–Crippen LogP) is 8.00. The highest BCUT2D eigenvalue weighted by Gasteiger charge is 2.54. The zero-order chi connectivity index (χ0) is 45.0. The Hall–Kier alpha value is -5.55. The largest absolute Gasteiger partial charge is 0.467 e. The number of carbonyl (C=O) groups excluding carboxylic acids is 3. The molecule has 0 N–H and O–H groups in total. The van der Waals surface area contributed by atoms with Crippen molar-refractivity contribution < 1.29 is 57.0 Å². The summed E-state index contributed by atoms with van der Waals surface area (Å²) in [4.78, 5) is 45.9. The van der Waals surface area contributed by atoms with Crippen molar-refractivity contribution >= 4 is 17.9 Å². The summed E-state index contributed by atoms with van der Waals surface area (Å²) >= 11 is 0. The summed E-state index contributed by atoms with van der Waals surface area (Å²) in [6.45, 7) is 8.93. The number of azide groups is 2. The Labute approximate surface area is 373 Å². The highest BCUT2D eigenvalue weighted by molar-refractivity contribution is 5.89. The number of methoxy groups -OCH3 is 1. The standard InChI is InChI=1S/C45H54N6O12.CH4/c1-25-26(2)36(49-51-47)44(60-33(25)23-57-41(52)31-18-12-8-13-19-31)62-38-28(4)39(56-22-30-16-10-7-11-17-30)45(63-40(38)43(54)55-6)61-37-27(3)35(48-50-46)29(5)59-34(37)24-58-42(53)32-20-14-9-15-21-32;/h7-21,25-29,33-40,44-45H,22-24H2,1-6H3;1H4/t25-,26-,27+,28-,29?,33?,34?,35?,36?,37-,38-,39?,40?,44-,45+;/m0./s1. The van der Waals surface area contributed by atoms with Crippen molar-refractivity contribution in [2.45, 2.75) is 116 Å². The molecular weight excluding hydrogens is 829 g/mol. The number of hydrogen-bond donors (Lipinski definition) is 0. The van der Waals surface area contributed by atoms with Crippen molar-refractivity contribution in [3.8, 4) is 0 Å². The molecule has 0 radical (unpaired) electrons. The van der Waals surface area contributed by atoms with Crippen LogP contribution in [-0.4, -0.2) is 106 Å². The fourth-order valence-corrected chi connectivity index (χ4v) is 8.35. The molecule has 6 rings (SSSR count). The summed E-state index contributed by atoms with van der Waals surface area (Å²) in [7, 11) is 1.21. The summed E-state index contributed by atoms with van der Waals surface area (Å²) < 4.78 is 56.1. The quantitative estimate of drug-likeness (QED) is 0.0438. The van der Waals surface area contributed by atoms with E-state index in [0.29, 0.717) is 11.1 Å². The molecule has 3 saturated heterocycles. The summed E-state index contributed by atoms with van der Waals surface area (Å²) in [5.74, 6) is -3.71. The van der Waals surface area contributed by atoms with Crippen molar-refractivity contribution in [3.05, 3.63) is 129 Å². The second-order valence-electron chi connectivity index (χ2n) is 16.1. The number of hydrogen-bond acceptors (Lipinski definition) is 14. The first-order chi connectivity index (χ1) is 30.4. The molecule has 18 nitrogen and oxygen atoms in total. The van der Waals surface area contributed by atoms with Gasteiger partial charge in [-0.2, -0.15) is 0 Å². The summed E-state index contributed by atoms with van der Waals surface area (Å²) in [6.07, 6.45) is -9.11. The van der Waals surface area contributed by atoms with Crippen LogP contribution >= 0.6 is 0 Å². The first-order valence-electron chi connectivity index (χ1n) is 21.0. The lowest BCUT2D eigenvalue weighted by Gasteiger charge is -2.50. The molecule has 3 fully saturated rings. The van der Waals surface area contributed by atoms with Gasteiger partial charge in [0.1, 0.15) is 31.5 Å². The van der Waals surface area contributed by atoms with Crippen LogP contribution in [0.25, 0.3) is 20.9 Å². The number of ether oxygens (including phenoxy) is 9. The summed E-state index contributed by atoms with van der Waals surface area (Å²) in [6, 6.07) is 24.9. The Morgan fingerprint density at radius 3 is 1.70 bits per heavy atom. The zero-order valence-electron chi connectivity index (χ0n) is 36.0. The molecule has 3 aliphatic heterocycles. The van der Waals surface area contributed by atoms with Crippen LogP contribution < -0.4 is 0 Å². The molecule has 0 aromatic heterocycles. The van der Waals surface area contributed by atoms with E-state index in [-0.39, 0.29) is 39.1 Å². The normalized spacial score (nSPS) is 32.3. The molecule has 3 aromatic carbocycles. The van der Waals surface area contributed by atoms with Crippen LogP contribution in [0, 0.1) is 23.7 Å². The van der Waals surface area contributed by atoms with E-state index in [4.69, 9.17) is 42.6 Å². The average molecular weight is 887 g/mol. The number of nitrogens with zero attached hydrogens (tertiary/aromatic N) is 6. The molecule has 15 atom stereocenters. The second kappa shape index (κ2) is 23.4. The summed E-state index contributed by atoms with van der Waals surface area (Å²) in [5.41, 5.74) is 20.7. The smallest absolute Gasteiger partial charge is 0.338 e. The van der Waals surface area contributed by atoms with E-state index < -0.39 is 97.1 Å². The van der Waals surface area contributed by atoms with E-state index >= 15 is 0 Å². The van der Waals surface area contributed by atoms with Gasteiger partial charge in [-0.15, -0.1) is 0 Å². The molecule has 3 aromatic rings. The molecule has 0 spiro atoms. The van der Waals surface area contributed by atoms with Crippen LogP contribution in [0.3, 0.4) is 0 Å². The molecule has 0 saturated carbocycles. The highest BCUT2D eigenvalue weighted by Crippen LogP contribution is 2.40. The topological polar surface area (TPSA) is 232 Å². The van der Waals surface area contributed by atoms with Gasteiger partial charge in [-0.05, 0) is 65.6 Å². The van der Waals surface area contributed by atoms with Crippen LogP contribution in [0.5, 0.6) is 0 Å².